The van der Waals surface area contributed by atoms with Gasteiger partial charge >= 0.3 is 5.69 Å². The number of hydrogen-bond acceptors (Lipinski definition) is 3. The van der Waals surface area contributed by atoms with Crippen LogP contribution in [0.1, 0.15) is 43.0 Å². The molecule has 0 spiro atoms. The number of nitrogens with one attached hydrogen (secondary N) is 1. The lowest BCUT2D eigenvalue weighted by molar-refractivity contribution is -0.385. The van der Waals surface area contributed by atoms with Gasteiger partial charge in [0.25, 0.3) is 5.91 Å². The number of nitro benzene ring substituents is 1. The van der Waals surface area contributed by atoms with Crippen LogP contribution in [0, 0.1) is 22.0 Å². The second kappa shape index (κ2) is 6.89. The van der Waals surface area contributed by atoms with Gasteiger partial charge in [-0.05, 0) is 30.4 Å². The molecule has 1 amide bonds. The summed E-state index contributed by atoms with van der Waals surface area (Å²) in [7, 11) is 0. The predicted molar refractivity (Wildman–Crippen MR) is 81.6 cm³/mol. The number of benzene rings is 1. The molecule has 0 radical (unpaired) electrons. The van der Waals surface area contributed by atoms with Crippen molar-refractivity contribution in [3.05, 3.63) is 38.9 Å². The van der Waals surface area contributed by atoms with Crippen molar-refractivity contribution in [1.29, 1.82) is 0 Å². The van der Waals surface area contributed by atoms with Crippen LogP contribution in [0.2, 0.25) is 5.02 Å². The van der Waals surface area contributed by atoms with Crippen molar-refractivity contribution in [2.75, 3.05) is 6.54 Å². The molecule has 1 N–H and O–H groups in total. The Morgan fingerprint density at radius 2 is 2.14 bits per heavy atom. The molecule has 0 aromatic heterocycles. The van der Waals surface area contributed by atoms with Gasteiger partial charge in [0, 0.05) is 6.54 Å². The number of rotatable bonds is 4. The van der Waals surface area contributed by atoms with Crippen LogP contribution < -0.4 is 5.32 Å². The molecule has 0 heterocycles. The molecule has 21 heavy (non-hydrogen) atoms. The number of nitrogens with zero attached hydrogens (tertiary/aromatic N) is 1. The van der Waals surface area contributed by atoms with Gasteiger partial charge < -0.3 is 5.32 Å². The summed E-state index contributed by atoms with van der Waals surface area (Å²) in [5, 5.41) is 13.9. The van der Waals surface area contributed by atoms with Gasteiger partial charge in [-0.15, -0.1) is 0 Å². The Bertz CT molecular complexity index is 548. The van der Waals surface area contributed by atoms with Crippen LogP contribution in [0.5, 0.6) is 0 Å². The summed E-state index contributed by atoms with van der Waals surface area (Å²) < 4.78 is 0. The fraction of sp³-hybridized carbons (Fsp3) is 0.533. The first-order chi connectivity index (χ1) is 10.0. The van der Waals surface area contributed by atoms with Crippen LogP contribution in [0.15, 0.2) is 18.2 Å². The highest BCUT2D eigenvalue weighted by Crippen LogP contribution is 2.30. The topological polar surface area (TPSA) is 72.2 Å². The molecule has 2 atom stereocenters. The van der Waals surface area contributed by atoms with E-state index in [1.807, 2.05) is 0 Å². The van der Waals surface area contributed by atoms with Crippen LogP contribution in [-0.2, 0) is 0 Å². The first-order valence-electron chi connectivity index (χ1n) is 7.21. The molecule has 0 bridgehead atoms. The monoisotopic (exact) mass is 310 g/mol. The number of nitro groups is 1. The minimum Gasteiger partial charge on any atom is -0.352 e. The SMILES string of the molecule is CC1CCCCC1CNC(=O)c1cccc(Cl)c1[N+](=O)[O-]. The summed E-state index contributed by atoms with van der Waals surface area (Å²) in [4.78, 5) is 22.6. The number of para-hydroxylation sites is 1. The van der Waals surface area contributed by atoms with E-state index >= 15 is 0 Å². The normalized spacial score (nSPS) is 21.8. The lowest BCUT2D eigenvalue weighted by Crippen LogP contribution is -2.33. The Kier molecular flexibility index (Phi) is 5.17. The molecular formula is C15H19ClN2O3. The van der Waals surface area contributed by atoms with Crippen molar-refractivity contribution in [2.45, 2.75) is 32.6 Å². The number of halogens is 1. The van der Waals surface area contributed by atoms with Crippen molar-refractivity contribution < 1.29 is 9.72 Å². The molecule has 5 nitrogen and oxygen atoms in total. The number of amides is 1. The Morgan fingerprint density at radius 1 is 1.43 bits per heavy atom. The van der Waals surface area contributed by atoms with Crippen LogP contribution in [0.25, 0.3) is 0 Å². The van der Waals surface area contributed by atoms with E-state index in [0.29, 0.717) is 18.4 Å². The third-order valence-corrected chi connectivity index (χ3v) is 4.53. The van der Waals surface area contributed by atoms with Gasteiger partial charge in [-0.3, -0.25) is 14.9 Å². The van der Waals surface area contributed by atoms with Gasteiger partial charge in [-0.1, -0.05) is 43.9 Å². The zero-order valence-corrected chi connectivity index (χ0v) is 12.7. The van der Waals surface area contributed by atoms with E-state index in [2.05, 4.69) is 12.2 Å². The lowest BCUT2D eigenvalue weighted by Gasteiger charge is -2.28. The summed E-state index contributed by atoms with van der Waals surface area (Å²) in [6.45, 7) is 2.75. The minimum atomic E-state index is -0.611. The highest BCUT2D eigenvalue weighted by Gasteiger charge is 2.26. The van der Waals surface area contributed by atoms with E-state index in [1.54, 1.807) is 6.07 Å². The number of carbonyl (C=O) groups excluding carboxylic acids is 1. The van der Waals surface area contributed by atoms with Gasteiger partial charge in [0.15, 0.2) is 0 Å². The Balaban J connectivity index is 2.07. The van der Waals surface area contributed by atoms with Crippen LogP contribution >= 0.6 is 11.6 Å². The third kappa shape index (κ3) is 3.73. The zero-order chi connectivity index (χ0) is 15.4. The van der Waals surface area contributed by atoms with Crippen LogP contribution in [0.4, 0.5) is 5.69 Å². The Labute approximate surface area is 128 Å². The predicted octanol–water partition coefficient (Wildman–Crippen LogP) is 3.80. The van der Waals surface area contributed by atoms with Crippen molar-refractivity contribution in [3.63, 3.8) is 0 Å². The second-order valence-corrected chi connectivity index (χ2v) is 6.03. The zero-order valence-electron chi connectivity index (χ0n) is 12.0. The van der Waals surface area contributed by atoms with Gasteiger partial charge in [0.2, 0.25) is 0 Å². The van der Waals surface area contributed by atoms with Crippen molar-refractivity contribution in [1.82, 2.24) is 5.32 Å². The molecule has 2 rings (SSSR count). The van der Waals surface area contributed by atoms with E-state index in [4.69, 9.17) is 11.6 Å². The third-order valence-electron chi connectivity index (χ3n) is 4.23. The van der Waals surface area contributed by atoms with Crippen LogP contribution in [0.3, 0.4) is 0 Å². The molecule has 1 aliphatic carbocycles. The van der Waals surface area contributed by atoms with Gasteiger partial charge in [-0.2, -0.15) is 0 Å². The minimum absolute atomic E-state index is 0.0151. The molecular weight excluding hydrogens is 292 g/mol. The molecule has 114 valence electrons. The second-order valence-electron chi connectivity index (χ2n) is 5.62. The maximum atomic E-state index is 12.2. The van der Waals surface area contributed by atoms with Crippen molar-refractivity contribution in [3.8, 4) is 0 Å². The smallest absolute Gasteiger partial charge is 0.300 e. The molecule has 6 heteroatoms. The Morgan fingerprint density at radius 3 is 2.81 bits per heavy atom. The Hall–Kier alpha value is -1.62. The summed E-state index contributed by atoms with van der Waals surface area (Å²) >= 11 is 5.82. The average molecular weight is 311 g/mol. The van der Waals surface area contributed by atoms with Gasteiger partial charge in [0.1, 0.15) is 10.6 Å². The highest BCUT2D eigenvalue weighted by molar-refractivity contribution is 6.33. The molecule has 0 saturated heterocycles. The maximum absolute atomic E-state index is 12.2. The number of hydrogen-bond donors (Lipinski definition) is 1. The quantitative estimate of drug-likeness (QED) is 0.679. The number of carbonyl (C=O) groups is 1. The molecule has 1 fully saturated rings. The lowest BCUT2D eigenvalue weighted by atomic mass is 9.80. The van der Waals surface area contributed by atoms with E-state index in [9.17, 15) is 14.9 Å². The first-order valence-corrected chi connectivity index (χ1v) is 7.59. The summed E-state index contributed by atoms with van der Waals surface area (Å²) in [5.41, 5.74) is -0.302. The first kappa shape index (κ1) is 15.8. The van der Waals surface area contributed by atoms with E-state index in [-0.39, 0.29) is 16.3 Å². The molecule has 1 aromatic rings. The fourth-order valence-corrected chi connectivity index (χ4v) is 3.14. The summed E-state index contributed by atoms with van der Waals surface area (Å²) in [5.74, 6) is 0.594. The fourth-order valence-electron chi connectivity index (χ4n) is 2.90. The van der Waals surface area contributed by atoms with Crippen molar-refractivity contribution in [2.24, 2.45) is 11.8 Å². The van der Waals surface area contributed by atoms with Gasteiger partial charge in [0.05, 0.1) is 4.92 Å². The van der Waals surface area contributed by atoms with E-state index in [1.165, 1.54) is 31.4 Å². The summed E-state index contributed by atoms with van der Waals surface area (Å²) in [6.07, 6.45) is 4.70. The molecule has 1 aliphatic rings. The van der Waals surface area contributed by atoms with Gasteiger partial charge in [-0.25, -0.2) is 0 Å². The molecule has 2 unspecified atom stereocenters. The van der Waals surface area contributed by atoms with E-state index < -0.39 is 10.8 Å². The molecule has 1 saturated carbocycles. The van der Waals surface area contributed by atoms with Crippen molar-refractivity contribution >= 4 is 23.2 Å². The maximum Gasteiger partial charge on any atom is 0.300 e. The molecule has 0 aliphatic heterocycles. The van der Waals surface area contributed by atoms with E-state index in [0.717, 1.165) is 6.42 Å². The average Bonchev–Trinajstić information content (AvgIpc) is 2.45. The van der Waals surface area contributed by atoms with Crippen LogP contribution in [-0.4, -0.2) is 17.4 Å². The highest BCUT2D eigenvalue weighted by atomic mass is 35.5. The molecule has 1 aromatic carbocycles. The standard InChI is InChI=1S/C15H19ClN2O3/c1-10-5-2-3-6-11(10)9-17-15(19)12-7-4-8-13(16)14(12)18(20)21/h4,7-8,10-11H,2-3,5-6,9H2,1H3,(H,17,19). The largest absolute Gasteiger partial charge is 0.352 e. The summed E-state index contributed by atoms with van der Waals surface area (Å²) in [6, 6.07) is 4.40.